The summed E-state index contributed by atoms with van der Waals surface area (Å²) in [7, 11) is 0. The number of carbonyl (C=O) groups is 1. The highest BCUT2D eigenvalue weighted by Gasteiger charge is 2.25. The van der Waals surface area contributed by atoms with Crippen LogP contribution in [0.15, 0.2) is 41.0 Å². The van der Waals surface area contributed by atoms with Crippen molar-refractivity contribution >= 4 is 35.0 Å². The van der Waals surface area contributed by atoms with Gasteiger partial charge in [-0.25, -0.2) is 0 Å². The first-order valence-electron chi connectivity index (χ1n) is 10.9. The molecule has 0 aromatic heterocycles. The van der Waals surface area contributed by atoms with Crippen molar-refractivity contribution in [1.29, 1.82) is 0 Å². The van der Waals surface area contributed by atoms with E-state index in [1.54, 1.807) is 0 Å². The number of aliphatic carboxylic acids is 1. The van der Waals surface area contributed by atoms with Gasteiger partial charge in [0.05, 0.1) is 23.7 Å². The normalized spacial score (nSPS) is 17.9. The largest absolute Gasteiger partial charge is 0.491 e. The van der Waals surface area contributed by atoms with Crippen molar-refractivity contribution in [1.82, 2.24) is 0 Å². The molecule has 6 heteroatoms. The summed E-state index contributed by atoms with van der Waals surface area (Å²) in [6.07, 6.45) is 12.3. The van der Waals surface area contributed by atoms with Gasteiger partial charge in [0, 0.05) is 22.9 Å². The Morgan fingerprint density at radius 2 is 2.07 bits per heavy atom. The Bertz CT molecular complexity index is 761. The Kier molecular flexibility index (Phi) is 10.7. The summed E-state index contributed by atoms with van der Waals surface area (Å²) in [6, 6.07) is 3.94. The summed E-state index contributed by atoms with van der Waals surface area (Å²) >= 11 is 8.29. The highest BCUT2D eigenvalue weighted by molar-refractivity contribution is 7.99. The summed E-state index contributed by atoms with van der Waals surface area (Å²) in [4.78, 5) is 14.3. The van der Waals surface area contributed by atoms with Crippen LogP contribution in [0.3, 0.4) is 0 Å². The van der Waals surface area contributed by atoms with E-state index in [0.717, 1.165) is 42.1 Å². The van der Waals surface area contributed by atoms with Crippen LogP contribution in [0.2, 0.25) is 5.02 Å². The molecule has 3 rings (SSSR count). The minimum absolute atomic E-state index is 0.0379. The van der Waals surface area contributed by atoms with Crippen LogP contribution in [0.1, 0.15) is 59.3 Å². The molecule has 1 heterocycles. The summed E-state index contributed by atoms with van der Waals surface area (Å²) in [6.45, 7) is 7.71. The summed E-state index contributed by atoms with van der Waals surface area (Å²) < 4.78 is 5.62. The van der Waals surface area contributed by atoms with Crippen molar-refractivity contribution in [3.05, 3.63) is 41.1 Å². The number of allylic oxidation sites excluding steroid dienone is 4. The van der Waals surface area contributed by atoms with Crippen LogP contribution in [0.25, 0.3) is 0 Å². The third-order valence-electron chi connectivity index (χ3n) is 5.21. The van der Waals surface area contributed by atoms with Crippen LogP contribution in [-0.4, -0.2) is 30.0 Å². The lowest BCUT2D eigenvalue weighted by molar-refractivity contribution is -0.137. The van der Waals surface area contributed by atoms with E-state index in [1.165, 1.54) is 18.5 Å². The fraction of sp³-hybridized carbons (Fsp3) is 0.542. The molecule has 0 amide bonds. The molecule has 166 valence electrons. The van der Waals surface area contributed by atoms with E-state index in [0.29, 0.717) is 16.7 Å². The maximum atomic E-state index is 10.7. The van der Waals surface area contributed by atoms with Crippen molar-refractivity contribution in [2.24, 2.45) is 5.92 Å². The molecule has 1 atom stereocenters. The van der Waals surface area contributed by atoms with Crippen molar-refractivity contribution in [2.75, 3.05) is 23.8 Å². The molecule has 0 spiro atoms. The minimum Gasteiger partial charge on any atom is -0.491 e. The van der Waals surface area contributed by atoms with E-state index in [1.807, 2.05) is 23.9 Å². The average Bonchev–Trinajstić information content (AvgIpc) is 2.93. The lowest BCUT2D eigenvalue weighted by Gasteiger charge is -2.30. The van der Waals surface area contributed by atoms with Crippen LogP contribution >= 0.6 is 23.4 Å². The van der Waals surface area contributed by atoms with E-state index in [-0.39, 0.29) is 13.0 Å². The standard InChI is InChI=1S/C20H24ClNO3S.C4H10/c1-2-14-12-22(15-6-4-3-5-7-15)17-10-16(21)18(11-19(17)26-13-14)25-9-8-20(23)24;1-3-4-2/h3-4,6,10-11,14H,2,5,7-9,12-13H2,1H3,(H,23,24);3-4H2,1-2H3. The van der Waals surface area contributed by atoms with Crippen LogP contribution in [0.4, 0.5) is 5.69 Å². The number of rotatable bonds is 7. The molecule has 0 bridgehead atoms. The Labute approximate surface area is 190 Å². The molecular weight excluding hydrogens is 418 g/mol. The van der Waals surface area contributed by atoms with E-state index in [4.69, 9.17) is 21.4 Å². The minimum atomic E-state index is -0.875. The highest BCUT2D eigenvalue weighted by Crippen LogP contribution is 2.44. The number of ether oxygens (including phenoxy) is 1. The summed E-state index contributed by atoms with van der Waals surface area (Å²) in [5.74, 6) is 1.35. The second kappa shape index (κ2) is 13.0. The first-order valence-corrected chi connectivity index (χ1v) is 12.3. The van der Waals surface area contributed by atoms with Gasteiger partial charge in [0.2, 0.25) is 0 Å². The topological polar surface area (TPSA) is 49.8 Å². The maximum absolute atomic E-state index is 10.7. The Balaban J connectivity index is 0.000000735. The SMILES string of the molecule is CCC1CSc2cc(OCCC(=O)O)c(Cl)cc2N(C2=CC=CCC2)C1.CCCC. The zero-order valence-electron chi connectivity index (χ0n) is 18.3. The molecule has 30 heavy (non-hydrogen) atoms. The van der Waals surface area contributed by atoms with Crippen LogP contribution in [-0.2, 0) is 4.79 Å². The lowest BCUT2D eigenvalue weighted by Crippen LogP contribution is -2.29. The number of halogens is 1. The zero-order chi connectivity index (χ0) is 21.9. The van der Waals surface area contributed by atoms with E-state index in [2.05, 4.69) is 43.9 Å². The maximum Gasteiger partial charge on any atom is 0.306 e. The number of fused-ring (bicyclic) bond motifs is 1. The molecule has 1 aromatic rings. The lowest BCUT2D eigenvalue weighted by atomic mass is 10.0. The number of anilines is 1. The van der Waals surface area contributed by atoms with Crippen molar-refractivity contribution in [3.8, 4) is 5.75 Å². The van der Waals surface area contributed by atoms with Crippen LogP contribution in [0, 0.1) is 5.92 Å². The first-order chi connectivity index (χ1) is 14.5. The Morgan fingerprint density at radius 3 is 2.67 bits per heavy atom. The quantitative estimate of drug-likeness (QED) is 0.476. The molecular formula is C24H34ClNO3S. The molecule has 1 aliphatic carbocycles. The first kappa shape index (κ1) is 24.7. The molecule has 0 fully saturated rings. The van der Waals surface area contributed by atoms with Gasteiger partial charge in [0.25, 0.3) is 0 Å². The third kappa shape index (κ3) is 7.28. The van der Waals surface area contributed by atoms with E-state index < -0.39 is 5.97 Å². The van der Waals surface area contributed by atoms with Gasteiger partial charge in [0.1, 0.15) is 5.75 Å². The molecule has 0 radical (unpaired) electrons. The molecule has 1 aliphatic heterocycles. The van der Waals surface area contributed by atoms with Crippen LogP contribution < -0.4 is 9.64 Å². The molecule has 4 nitrogen and oxygen atoms in total. The molecule has 2 aliphatic rings. The van der Waals surface area contributed by atoms with Crippen molar-refractivity contribution < 1.29 is 14.6 Å². The number of hydrogen-bond donors (Lipinski definition) is 1. The number of thioether (sulfide) groups is 1. The Morgan fingerprint density at radius 1 is 1.30 bits per heavy atom. The number of benzene rings is 1. The number of nitrogens with zero attached hydrogens (tertiary/aromatic N) is 1. The predicted molar refractivity (Wildman–Crippen MR) is 128 cm³/mol. The second-order valence-corrected chi connectivity index (χ2v) is 9.03. The molecule has 0 saturated carbocycles. The molecule has 1 aromatic carbocycles. The number of carboxylic acids is 1. The van der Waals surface area contributed by atoms with Gasteiger partial charge in [-0.1, -0.05) is 63.8 Å². The van der Waals surface area contributed by atoms with Crippen molar-refractivity contribution in [2.45, 2.75) is 64.2 Å². The summed E-state index contributed by atoms with van der Waals surface area (Å²) in [5.41, 5.74) is 2.45. The molecule has 1 N–H and O–H groups in total. The van der Waals surface area contributed by atoms with Gasteiger partial charge in [-0.05, 0) is 37.0 Å². The van der Waals surface area contributed by atoms with E-state index in [9.17, 15) is 4.79 Å². The van der Waals surface area contributed by atoms with Crippen molar-refractivity contribution in [3.63, 3.8) is 0 Å². The average molecular weight is 452 g/mol. The fourth-order valence-corrected chi connectivity index (χ4v) is 4.64. The highest BCUT2D eigenvalue weighted by atomic mass is 35.5. The van der Waals surface area contributed by atoms with Gasteiger partial charge in [-0.3, -0.25) is 4.79 Å². The number of carboxylic acid groups (broad SMARTS) is 1. The van der Waals surface area contributed by atoms with Gasteiger partial charge < -0.3 is 14.7 Å². The van der Waals surface area contributed by atoms with Gasteiger partial charge >= 0.3 is 5.97 Å². The fourth-order valence-electron chi connectivity index (χ4n) is 3.16. The van der Waals surface area contributed by atoms with Gasteiger partial charge in [0.15, 0.2) is 0 Å². The zero-order valence-corrected chi connectivity index (χ0v) is 19.9. The monoisotopic (exact) mass is 451 g/mol. The second-order valence-electron chi connectivity index (χ2n) is 7.56. The predicted octanol–water partition coefficient (Wildman–Crippen LogP) is 7.17. The van der Waals surface area contributed by atoms with Gasteiger partial charge in [-0.2, -0.15) is 0 Å². The van der Waals surface area contributed by atoms with Gasteiger partial charge in [-0.15, -0.1) is 11.8 Å². The molecule has 1 unspecified atom stereocenters. The van der Waals surface area contributed by atoms with E-state index >= 15 is 0 Å². The third-order valence-corrected chi connectivity index (χ3v) is 6.78. The number of hydrogen-bond acceptors (Lipinski definition) is 4. The Hall–Kier alpha value is -1.59. The number of unbranched alkanes of at least 4 members (excludes halogenated alkanes) is 1. The smallest absolute Gasteiger partial charge is 0.306 e. The van der Waals surface area contributed by atoms with Crippen LogP contribution in [0.5, 0.6) is 5.75 Å². The molecule has 0 saturated heterocycles. The summed E-state index contributed by atoms with van der Waals surface area (Å²) in [5, 5.41) is 9.32.